The summed E-state index contributed by atoms with van der Waals surface area (Å²) < 4.78 is 11.4. The lowest BCUT2D eigenvalue weighted by Gasteiger charge is -2.19. The van der Waals surface area contributed by atoms with Gasteiger partial charge in [0, 0.05) is 11.9 Å². The smallest absolute Gasteiger partial charge is 0.325 e. The number of nitrogens with one attached hydrogen (secondary N) is 1. The Hall–Kier alpha value is -3.28. The molecular weight excluding hydrogens is 344 g/mol. The number of urea groups is 1. The Morgan fingerprint density at radius 3 is 2.59 bits per heavy atom. The molecule has 1 unspecified atom stereocenters. The minimum absolute atomic E-state index is 0.285. The van der Waals surface area contributed by atoms with Gasteiger partial charge in [-0.05, 0) is 37.6 Å². The second kappa shape index (κ2) is 6.79. The first-order chi connectivity index (χ1) is 13.1. The molecule has 0 spiro atoms. The summed E-state index contributed by atoms with van der Waals surface area (Å²) in [4.78, 5) is 26.5. The van der Waals surface area contributed by atoms with Gasteiger partial charge in [-0.15, -0.1) is 0 Å². The molecule has 1 fully saturated rings. The highest BCUT2D eigenvalue weighted by Gasteiger charge is 2.50. The minimum atomic E-state index is -1.20. The number of carbonyl (C=O) groups excluding carboxylic acids is 2. The van der Waals surface area contributed by atoms with Crippen molar-refractivity contribution in [3.05, 3.63) is 66.4 Å². The van der Waals surface area contributed by atoms with Gasteiger partial charge in [0.15, 0.2) is 5.54 Å². The number of fused-ring (bicyclic) bond motifs is 1. The second-order valence-corrected chi connectivity index (χ2v) is 6.68. The van der Waals surface area contributed by atoms with Crippen LogP contribution in [0.2, 0.25) is 0 Å². The highest BCUT2D eigenvalue weighted by molar-refractivity contribution is 6.07. The van der Waals surface area contributed by atoms with Crippen molar-refractivity contribution < 1.29 is 18.7 Å². The molecule has 1 aromatic heterocycles. The zero-order chi connectivity index (χ0) is 18.9. The van der Waals surface area contributed by atoms with Crippen LogP contribution in [0.1, 0.15) is 19.1 Å². The molecule has 6 heteroatoms. The topological polar surface area (TPSA) is 71.8 Å². The van der Waals surface area contributed by atoms with E-state index >= 15 is 0 Å². The third-order valence-corrected chi connectivity index (χ3v) is 4.73. The molecule has 1 aliphatic rings. The number of para-hydroxylation sites is 2. The van der Waals surface area contributed by atoms with Gasteiger partial charge in [0.1, 0.15) is 17.1 Å². The number of carbonyl (C=O) groups is 2. The Bertz CT molecular complexity index is 949. The predicted octanol–water partition coefficient (Wildman–Crippen LogP) is 3.67. The van der Waals surface area contributed by atoms with E-state index in [4.69, 9.17) is 9.15 Å². The number of benzene rings is 2. The highest BCUT2D eigenvalue weighted by Crippen LogP contribution is 2.33. The van der Waals surface area contributed by atoms with Gasteiger partial charge in [-0.1, -0.05) is 36.4 Å². The van der Waals surface area contributed by atoms with Crippen LogP contribution in [0.25, 0.3) is 11.0 Å². The number of amides is 3. The van der Waals surface area contributed by atoms with Crippen LogP contribution in [0, 0.1) is 0 Å². The van der Waals surface area contributed by atoms with Gasteiger partial charge in [0.2, 0.25) is 0 Å². The van der Waals surface area contributed by atoms with Crippen LogP contribution < -0.4 is 10.1 Å². The fourth-order valence-electron chi connectivity index (χ4n) is 3.22. The fourth-order valence-corrected chi connectivity index (χ4v) is 3.22. The van der Waals surface area contributed by atoms with Crippen LogP contribution in [0.15, 0.2) is 65.1 Å². The van der Waals surface area contributed by atoms with E-state index in [0.29, 0.717) is 24.4 Å². The number of furan rings is 1. The summed E-state index contributed by atoms with van der Waals surface area (Å²) in [6, 6.07) is 18.3. The molecule has 1 atom stereocenters. The van der Waals surface area contributed by atoms with Gasteiger partial charge in [0.05, 0.1) is 6.61 Å². The first kappa shape index (κ1) is 17.1. The first-order valence-electron chi connectivity index (χ1n) is 8.89. The Morgan fingerprint density at radius 1 is 1.07 bits per heavy atom. The van der Waals surface area contributed by atoms with Crippen LogP contribution in [-0.4, -0.2) is 30.0 Å². The molecule has 3 aromatic rings. The van der Waals surface area contributed by atoms with Gasteiger partial charge in [0.25, 0.3) is 5.91 Å². The molecule has 1 saturated heterocycles. The van der Waals surface area contributed by atoms with Gasteiger partial charge in [-0.2, -0.15) is 0 Å². The van der Waals surface area contributed by atoms with E-state index in [9.17, 15) is 9.59 Å². The first-order valence-corrected chi connectivity index (χ1v) is 8.89. The summed E-state index contributed by atoms with van der Waals surface area (Å²) in [7, 11) is 0. The van der Waals surface area contributed by atoms with E-state index in [2.05, 4.69) is 5.32 Å². The molecule has 2 heterocycles. The molecule has 1 N–H and O–H groups in total. The van der Waals surface area contributed by atoms with Crippen molar-refractivity contribution in [2.75, 3.05) is 13.2 Å². The average Bonchev–Trinajstić information content (AvgIpc) is 3.21. The van der Waals surface area contributed by atoms with Crippen molar-refractivity contribution >= 4 is 22.9 Å². The van der Waals surface area contributed by atoms with Gasteiger partial charge >= 0.3 is 6.03 Å². The largest absolute Gasteiger partial charge is 0.494 e. The maximum absolute atomic E-state index is 12.9. The van der Waals surface area contributed by atoms with E-state index in [0.717, 1.165) is 11.1 Å². The number of nitrogens with zero attached hydrogens (tertiary/aromatic N) is 1. The number of hydrogen-bond acceptors (Lipinski definition) is 4. The molecule has 2 aromatic carbocycles. The molecule has 0 saturated carbocycles. The Kier molecular flexibility index (Phi) is 4.32. The van der Waals surface area contributed by atoms with Crippen molar-refractivity contribution in [3.63, 3.8) is 0 Å². The lowest BCUT2D eigenvalue weighted by Crippen LogP contribution is -2.40. The van der Waals surface area contributed by atoms with E-state index in [1.54, 1.807) is 13.0 Å². The van der Waals surface area contributed by atoms with Crippen LogP contribution in [-0.2, 0) is 10.3 Å². The highest BCUT2D eigenvalue weighted by atomic mass is 16.5. The van der Waals surface area contributed by atoms with Gasteiger partial charge < -0.3 is 14.5 Å². The summed E-state index contributed by atoms with van der Waals surface area (Å²) >= 11 is 0. The summed E-state index contributed by atoms with van der Waals surface area (Å²) in [6.07, 6.45) is 0.546. The van der Waals surface area contributed by atoms with Crippen molar-refractivity contribution in [1.29, 1.82) is 0 Å². The number of imide groups is 1. The van der Waals surface area contributed by atoms with Crippen molar-refractivity contribution in [2.45, 2.75) is 18.9 Å². The van der Waals surface area contributed by atoms with E-state index < -0.39 is 11.6 Å². The Morgan fingerprint density at radius 2 is 1.81 bits per heavy atom. The standard InChI is InChI=1S/C21H20N2O4/c1-21(18-14-15-8-5-6-11-17(15)27-18)19(24)23(20(25)22-21)12-7-13-26-16-9-3-2-4-10-16/h2-6,8-11,14H,7,12-13H2,1H3,(H,22,25). The lowest BCUT2D eigenvalue weighted by molar-refractivity contribution is -0.131. The van der Waals surface area contributed by atoms with Gasteiger partial charge in [-0.25, -0.2) is 4.79 Å². The molecule has 1 aliphatic heterocycles. The quantitative estimate of drug-likeness (QED) is 0.535. The molecule has 3 amide bonds. The molecule has 4 rings (SSSR count). The van der Waals surface area contributed by atoms with Crippen LogP contribution >= 0.6 is 0 Å². The maximum Gasteiger partial charge on any atom is 0.325 e. The zero-order valence-corrected chi connectivity index (χ0v) is 15.0. The predicted molar refractivity (Wildman–Crippen MR) is 100 cm³/mol. The van der Waals surface area contributed by atoms with Crippen LogP contribution in [0.4, 0.5) is 4.79 Å². The maximum atomic E-state index is 12.9. The molecule has 27 heavy (non-hydrogen) atoms. The SMILES string of the molecule is CC1(c2cc3ccccc3o2)NC(=O)N(CCCOc2ccccc2)C1=O. The third-order valence-electron chi connectivity index (χ3n) is 4.73. The lowest BCUT2D eigenvalue weighted by atomic mass is 9.99. The van der Waals surface area contributed by atoms with E-state index in [-0.39, 0.29) is 12.5 Å². The average molecular weight is 364 g/mol. The molecule has 6 nitrogen and oxygen atoms in total. The molecule has 0 aliphatic carbocycles. The third kappa shape index (κ3) is 3.14. The van der Waals surface area contributed by atoms with Crippen molar-refractivity contribution in [3.8, 4) is 5.75 Å². The van der Waals surface area contributed by atoms with Crippen LogP contribution in [0.5, 0.6) is 5.75 Å². The summed E-state index contributed by atoms with van der Waals surface area (Å²) in [5.41, 5.74) is -0.512. The molecule has 0 radical (unpaired) electrons. The molecule has 0 bridgehead atoms. The number of rotatable bonds is 6. The zero-order valence-electron chi connectivity index (χ0n) is 15.0. The second-order valence-electron chi connectivity index (χ2n) is 6.68. The normalized spacial score (nSPS) is 19.5. The fraction of sp³-hybridized carbons (Fsp3) is 0.238. The summed E-state index contributed by atoms with van der Waals surface area (Å²) in [6.45, 7) is 2.38. The van der Waals surface area contributed by atoms with E-state index in [1.807, 2.05) is 54.6 Å². The van der Waals surface area contributed by atoms with Crippen LogP contribution in [0.3, 0.4) is 0 Å². The summed E-state index contributed by atoms with van der Waals surface area (Å²) in [5, 5.41) is 3.66. The monoisotopic (exact) mass is 364 g/mol. The molecule has 138 valence electrons. The van der Waals surface area contributed by atoms with Gasteiger partial charge in [-0.3, -0.25) is 9.69 Å². The Balaban J connectivity index is 1.43. The molecular formula is C21H20N2O4. The van der Waals surface area contributed by atoms with E-state index in [1.165, 1.54) is 4.90 Å². The Labute approximate surface area is 156 Å². The number of ether oxygens (including phenoxy) is 1. The minimum Gasteiger partial charge on any atom is -0.494 e. The van der Waals surface area contributed by atoms with Crippen molar-refractivity contribution in [2.24, 2.45) is 0 Å². The number of hydrogen-bond donors (Lipinski definition) is 1. The van der Waals surface area contributed by atoms with Crippen molar-refractivity contribution in [1.82, 2.24) is 10.2 Å². The summed E-state index contributed by atoms with van der Waals surface area (Å²) in [5.74, 6) is 0.887.